The van der Waals surface area contributed by atoms with E-state index in [1.807, 2.05) is 12.1 Å². The van der Waals surface area contributed by atoms with Crippen molar-refractivity contribution in [2.24, 2.45) is 34.5 Å². The molecule has 2 nitrogen and oxygen atoms in total. The standard InChI is InChI=1S/C30H46O2/c1-8-28(3,4)19-26(29(5,6)9-2)22-10-12-23(13-11-22)27(31)32-30(7)24-15-20-14-21(17-24)18-25(30)16-20/h10-13,20-21,24-26H,8-9,14-19H2,1-7H3. The normalized spacial score (nSPS) is 32.7. The lowest BCUT2D eigenvalue weighted by atomic mass is 9.50. The molecule has 2 heteroatoms. The van der Waals surface area contributed by atoms with Gasteiger partial charge in [-0.05, 0) is 104 Å². The monoisotopic (exact) mass is 438 g/mol. The molecular weight excluding hydrogens is 392 g/mol. The molecule has 4 fully saturated rings. The molecule has 1 aromatic rings. The van der Waals surface area contributed by atoms with Gasteiger partial charge in [-0.2, -0.15) is 0 Å². The fourth-order valence-corrected chi connectivity index (χ4v) is 7.19. The van der Waals surface area contributed by atoms with Crippen LogP contribution in [0.5, 0.6) is 0 Å². The van der Waals surface area contributed by atoms with Gasteiger partial charge in [-0.15, -0.1) is 0 Å². The van der Waals surface area contributed by atoms with Crippen molar-refractivity contribution >= 4 is 5.97 Å². The molecule has 5 rings (SSSR count). The third kappa shape index (κ3) is 4.40. The topological polar surface area (TPSA) is 26.3 Å². The molecule has 1 aromatic carbocycles. The van der Waals surface area contributed by atoms with E-state index in [9.17, 15) is 4.79 Å². The Labute approximate surface area is 196 Å². The van der Waals surface area contributed by atoms with Crippen LogP contribution in [0.15, 0.2) is 24.3 Å². The molecule has 178 valence electrons. The van der Waals surface area contributed by atoms with Crippen LogP contribution in [0.2, 0.25) is 0 Å². The van der Waals surface area contributed by atoms with Gasteiger partial charge < -0.3 is 4.74 Å². The summed E-state index contributed by atoms with van der Waals surface area (Å²) < 4.78 is 6.35. The van der Waals surface area contributed by atoms with E-state index in [2.05, 4.69) is 60.6 Å². The number of ether oxygens (including phenoxy) is 1. The van der Waals surface area contributed by atoms with Crippen LogP contribution in [-0.2, 0) is 4.74 Å². The van der Waals surface area contributed by atoms with Crippen molar-refractivity contribution in [2.45, 2.75) is 111 Å². The predicted octanol–water partition coefficient (Wildman–Crippen LogP) is 8.40. The number of hydrogen-bond acceptors (Lipinski definition) is 2. The summed E-state index contributed by atoms with van der Waals surface area (Å²) in [5.41, 5.74) is 2.34. The van der Waals surface area contributed by atoms with Crippen LogP contribution in [0.3, 0.4) is 0 Å². The number of carbonyl (C=O) groups excluding carboxylic acids is 1. The molecule has 4 aliphatic rings. The van der Waals surface area contributed by atoms with Crippen LogP contribution in [0, 0.1) is 34.5 Å². The van der Waals surface area contributed by atoms with Crippen molar-refractivity contribution in [3.05, 3.63) is 35.4 Å². The molecule has 32 heavy (non-hydrogen) atoms. The molecule has 4 aliphatic carbocycles. The highest BCUT2D eigenvalue weighted by Crippen LogP contribution is 2.59. The molecule has 4 saturated carbocycles. The molecule has 0 amide bonds. The van der Waals surface area contributed by atoms with Gasteiger partial charge in [-0.1, -0.05) is 66.5 Å². The third-order valence-electron chi connectivity index (χ3n) is 10.2. The summed E-state index contributed by atoms with van der Waals surface area (Å²) in [7, 11) is 0. The molecule has 4 bridgehead atoms. The Morgan fingerprint density at radius 3 is 1.94 bits per heavy atom. The van der Waals surface area contributed by atoms with Crippen molar-refractivity contribution in [1.82, 2.24) is 0 Å². The Morgan fingerprint density at radius 2 is 1.47 bits per heavy atom. The number of rotatable bonds is 8. The Kier molecular flexibility index (Phi) is 6.31. The van der Waals surface area contributed by atoms with Gasteiger partial charge in [0.2, 0.25) is 0 Å². The van der Waals surface area contributed by atoms with Gasteiger partial charge in [0, 0.05) is 0 Å². The second-order valence-electron chi connectivity index (χ2n) is 13.1. The first-order valence-corrected chi connectivity index (χ1v) is 13.3. The van der Waals surface area contributed by atoms with Gasteiger partial charge in [0.1, 0.15) is 5.60 Å². The fraction of sp³-hybridized carbons (Fsp3) is 0.767. The van der Waals surface area contributed by atoms with Crippen molar-refractivity contribution in [3.63, 3.8) is 0 Å². The maximum atomic E-state index is 13.2. The zero-order valence-corrected chi connectivity index (χ0v) is 21.7. The minimum Gasteiger partial charge on any atom is -0.455 e. The lowest BCUT2D eigenvalue weighted by Crippen LogP contribution is -2.58. The van der Waals surface area contributed by atoms with Gasteiger partial charge in [0.05, 0.1) is 5.56 Å². The molecule has 0 spiro atoms. The molecule has 0 aliphatic heterocycles. The fourth-order valence-electron chi connectivity index (χ4n) is 7.19. The van der Waals surface area contributed by atoms with Crippen LogP contribution in [0.25, 0.3) is 0 Å². The van der Waals surface area contributed by atoms with Crippen LogP contribution >= 0.6 is 0 Å². The minimum absolute atomic E-state index is 0.119. The number of hydrogen-bond donors (Lipinski definition) is 0. The third-order valence-corrected chi connectivity index (χ3v) is 10.2. The molecule has 1 atom stereocenters. The predicted molar refractivity (Wildman–Crippen MR) is 133 cm³/mol. The quantitative estimate of drug-likeness (QED) is 0.381. The van der Waals surface area contributed by atoms with Crippen LogP contribution in [-0.4, -0.2) is 11.6 Å². The summed E-state index contributed by atoms with van der Waals surface area (Å²) in [6.45, 7) is 16.4. The Morgan fingerprint density at radius 1 is 0.938 bits per heavy atom. The zero-order valence-electron chi connectivity index (χ0n) is 21.7. The van der Waals surface area contributed by atoms with Gasteiger partial charge in [0.15, 0.2) is 0 Å². The smallest absolute Gasteiger partial charge is 0.338 e. The van der Waals surface area contributed by atoms with Gasteiger partial charge in [0.25, 0.3) is 0 Å². The average molecular weight is 439 g/mol. The van der Waals surface area contributed by atoms with Gasteiger partial charge in [-0.3, -0.25) is 0 Å². The summed E-state index contributed by atoms with van der Waals surface area (Å²) in [5, 5.41) is 0. The van der Waals surface area contributed by atoms with E-state index in [-0.39, 0.29) is 17.0 Å². The SMILES string of the molecule is CCC(C)(C)CC(c1ccc(C(=O)OC2(C)C3CC4CC(C3)CC2C4)cc1)C(C)(C)CC. The van der Waals surface area contributed by atoms with E-state index >= 15 is 0 Å². The van der Waals surface area contributed by atoms with E-state index < -0.39 is 0 Å². The first-order chi connectivity index (χ1) is 15.0. The van der Waals surface area contributed by atoms with E-state index in [1.54, 1.807) is 0 Å². The first kappa shape index (κ1) is 23.8. The number of benzene rings is 1. The van der Waals surface area contributed by atoms with Crippen molar-refractivity contribution in [3.8, 4) is 0 Å². The summed E-state index contributed by atoms with van der Waals surface area (Å²) >= 11 is 0. The highest BCUT2D eigenvalue weighted by Gasteiger charge is 2.57. The molecule has 0 aromatic heterocycles. The molecule has 1 unspecified atom stereocenters. The Bertz CT molecular complexity index is 788. The second kappa shape index (κ2) is 8.48. The van der Waals surface area contributed by atoms with Crippen molar-refractivity contribution < 1.29 is 9.53 Å². The van der Waals surface area contributed by atoms with Crippen LogP contribution in [0.4, 0.5) is 0 Å². The van der Waals surface area contributed by atoms with Crippen LogP contribution in [0.1, 0.15) is 122 Å². The molecule has 0 radical (unpaired) electrons. The van der Waals surface area contributed by atoms with Gasteiger partial charge in [-0.25, -0.2) is 4.79 Å². The summed E-state index contributed by atoms with van der Waals surface area (Å²) in [6.07, 6.45) is 9.95. The minimum atomic E-state index is -0.263. The highest BCUT2D eigenvalue weighted by atomic mass is 16.6. The zero-order chi connectivity index (χ0) is 23.3. The first-order valence-electron chi connectivity index (χ1n) is 13.3. The van der Waals surface area contributed by atoms with E-state index in [1.165, 1.54) is 44.1 Å². The number of esters is 1. The molecular formula is C30H46O2. The molecule has 0 N–H and O–H groups in total. The molecule has 0 heterocycles. The highest BCUT2D eigenvalue weighted by molar-refractivity contribution is 5.89. The maximum Gasteiger partial charge on any atom is 0.338 e. The van der Waals surface area contributed by atoms with Crippen molar-refractivity contribution in [1.29, 1.82) is 0 Å². The summed E-state index contributed by atoms with van der Waals surface area (Å²) in [4.78, 5) is 13.2. The summed E-state index contributed by atoms with van der Waals surface area (Å²) in [5.74, 6) is 3.26. The van der Waals surface area contributed by atoms with Crippen LogP contribution < -0.4 is 0 Å². The second-order valence-corrected chi connectivity index (χ2v) is 13.1. The maximum absolute atomic E-state index is 13.2. The molecule has 0 saturated heterocycles. The van der Waals surface area contributed by atoms with Gasteiger partial charge >= 0.3 is 5.97 Å². The Hall–Kier alpha value is -1.31. The number of carbonyl (C=O) groups is 1. The van der Waals surface area contributed by atoms with E-state index in [4.69, 9.17) is 4.74 Å². The lowest BCUT2D eigenvalue weighted by molar-refractivity contribution is -0.165. The van der Waals surface area contributed by atoms with E-state index in [0.29, 0.717) is 28.7 Å². The van der Waals surface area contributed by atoms with Crippen molar-refractivity contribution in [2.75, 3.05) is 0 Å². The van der Waals surface area contributed by atoms with E-state index in [0.717, 1.165) is 24.7 Å². The Balaban J connectivity index is 1.50. The summed E-state index contributed by atoms with van der Waals surface area (Å²) in [6, 6.07) is 8.44. The lowest BCUT2D eigenvalue weighted by Gasteiger charge is -2.59. The largest absolute Gasteiger partial charge is 0.455 e. The average Bonchev–Trinajstić information content (AvgIpc) is 2.75.